The van der Waals surface area contributed by atoms with Gasteiger partial charge in [-0.2, -0.15) is 0 Å². The molecule has 0 heterocycles. The van der Waals surface area contributed by atoms with Crippen molar-refractivity contribution < 1.29 is 24.5 Å². The molecule has 0 aromatic heterocycles. The van der Waals surface area contributed by atoms with Gasteiger partial charge in [0.25, 0.3) is 0 Å². The van der Waals surface area contributed by atoms with E-state index in [-0.39, 0.29) is 18.3 Å². The van der Waals surface area contributed by atoms with Gasteiger partial charge in [-0.05, 0) is 25.2 Å². The molecule has 0 amide bonds. The predicted octanol–water partition coefficient (Wildman–Crippen LogP) is 3.60. The standard InChI is InChI=1S/C19H36O5/c1-5-9-11-15(7-3)13-19(23,14-20)18(22)24-17(21)16(8-4)12-10-6-2/h15-16,20,23H,5-14H2,1-4H3. The lowest BCUT2D eigenvalue weighted by molar-refractivity contribution is -0.181. The highest BCUT2D eigenvalue weighted by atomic mass is 16.6. The van der Waals surface area contributed by atoms with E-state index in [1.807, 2.05) is 20.8 Å². The minimum Gasteiger partial charge on any atom is -0.393 e. The van der Waals surface area contributed by atoms with Crippen LogP contribution in [0.1, 0.15) is 85.5 Å². The summed E-state index contributed by atoms with van der Waals surface area (Å²) in [4.78, 5) is 24.4. The maximum atomic E-state index is 12.3. The van der Waals surface area contributed by atoms with Crippen LogP contribution in [0.3, 0.4) is 0 Å². The van der Waals surface area contributed by atoms with Crippen LogP contribution in [-0.2, 0) is 14.3 Å². The van der Waals surface area contributed by atoms with Gasteiger partial charge >= 0.3 is 11.9 Å². The van der Waals surface area contributed by atoms with Crippen LogP contribution >= 0.6 is 0 Å². The molecule has 2 N–H and O–H groups in total. The summed E-state index contributed by atoms with van der Waals surface area (Å²) in [7, 11) is 0. The molecular formula is C19H36O5. The van der Waals surface area contributed by atoms with Gasteiger partial charge in [0.15, 0.2) is 5.60 Å². The van der Waals surface area contributed by atoms with Crippen molar-refractivity contribution in [1.29, 1.82) is 0 Å². The van der Waals surface area contributed by atoms with Gasteiger partial charge in [-0.25, -0.2) is 4.79 Å². The van der Waals surface area contributed by atoms with E-state index >= 15 is 0 Å². The van der Waals surface area contributed by atoms with Gasteiger partial charge in [0.2, 0.25) is 0 Å². The first-order chi connectivity index (χ1) is 11.4. The van der Waals surface area contributed by atoms with Crippen LogP contribution in [0.2, 0.25) is 0 Å². The zero-order valence-electron chi connectivity index (χ0n) is 15.8. The molecule has 24 heavy (non-hydrogen) atoms. The third-order valence-corrected chi connectivity index (χ3v) is 4.74. The van der Waals surface area contributed by atoms with Crippen LogP contribution in [0.5, 0.6) is 0 Å². The summed E-state index contributed by atoms with van der Waals surface area (Å²) >= 11 is 0. The van der Waals surface area contributed by atoms with Crippen molar-refractivity contribution in [2.75, 3.05) is 6.61 Å². The molecule has 5 nitrogen and oxygen atoms in total. The second-order valence-corrected chi connectivity index (χ2v) is 6.77. The van der Waals surface area contributed by atoms with Crippen LogP contribution in [0, 0.1) is 11.8 Å². The summed E-state index contributed by atoms with van der Waals surface area (Å²) in [6.07, 6.45) is 6.97. The number of aliphatic hydroxyl groups excluding tert-OH is 1. The lowest BCUT2D eigenvalue weighted by Gasteiger charge is -2.28. The van der Waals surface area contributed by atoms with Gasteiger partial charge in [0, 0.05) is 0 Å². The van der Waals surface area contributed by atoms with Gasteiger partial charge in [0.05, 0.1) is 12.5 Å². The lowest BCUT2D eigenvalue weighted by atomic mass is 9.86. The van der Waals surface area contributed by atoms with Crippen molar-refractivity contribution >= 4 is 11.9 Å². The van der Waals surface area contributed by atoms with Crippen LogP contribution in [0.15, 0.2) is 0 Å². The molecule has 0 rings (SSSR count). The molecule has 142 valence electrons. The summed E-state index contributed by atoms with van der Waals surface area (Å²) in [5.74, 6) is -1.82. The Morgan fingerprint density at radius 1 is 1.00 bits per heavy atom. The first kappa shape index (κ1) is 23.1. The summed E-state index contributed by atoms with van der Waals surface area (Å²) in [5, 5.41) is 20.0. The van der Waals surface area contributed by atoms with Crippen molar-refractivity contribution in [3.8, 4) is 0 Å². The Kier molecular flexibility index (Phi) is 11.9. The van der Waals surface area contributed by atoms with Crippen LogP contribution in [0.4, 0.5) is 0 Å². The summed E-state index contributed by atoms with van der Waals surface area (Å²) in [6, 6.07) is 0. The predicted molar refractivity (Wildman–Crippen MR) is 94.4 cm³/mol. The Morgan fingerprint density at radius 3 is 2.04 bits per heavy atom. The molecule has 0 fully saturated rings. The maximum Gasteiger partial charge on any atom is 0.348 e. The van der Waals surface area contributed by atoms with E-state index in [2.05, 4.69) is 6.92 Å². The van der Waals surface area contributed by atoms with E-state index in [0.717, 1.165) is 38.5 Å². The lowest BCUT2D eigenvalue weighted by Crippen LogP contribution is -2.46. The smallest absolute Gasteiger partial charge is 0.348 e. The zero-order valence-corrected chi connectivity index (χ0v) is 15.8. The number of aliphatic hydroxyl groups is 2. The first-order valence-electron chi connectivity index (χ1n) is 9.47. The molecule has 0 aliphatic carbocycles. The maximum absolute atomic E-state index is 12.3. The second-order valence-electron chi connectivity index (χ2n) is 6.77. The summed E-state index contributed by atoms with van der Waals surface area (Å²) in [5.41, 5.74) is -1.99. The Balaban J connectivity index is 4.82. The van der Waals surface area contributed by atoms with Gasteiger partial charge in [0.1, 0.15) is 0 Å². The molecule has 3 unspecified atom stereocenters. The quantitative estimate of drug-likeness (QED) is 0.394. The van der Waals surface area contributed by atoms with Crippen LogP contribution in [-0.4, -0.2) is 34.4 Å². The second kappa shape index (κ2) is 12.4. The molecular weight excluding hydrogens is 308 g/mol. The molecule has 0 saturated carbocycles. The number of carbonyl (C=O) groups excluding carboxylic acids is 2. The fraction of sp³-hybridized carbons (Fsp3) is 0.895. The minimum absolute atomic E-state index is 0.117. The van der Waals surface area contributed by atoms with Gasteiger partial charge in [-0.15, -0.1) is 0 Å². The molecule has 0 spiro atoms. The molecule has 0 aromatic rings. The third-order valence-electron chi connectivity index (χ3n) is 4.74. The number of hydrogen-bond donors (Lipinski definition) is 2. The number of ether oxygens (including phenoxy) is 1. The summed E-state index contributed by atoms with van der Waals surface area (Å²) in [6.45, 7) is 7.26. The van der Waals surface area contributed by atoms with Gasteiger partial charge in [-0.3, -0.25) is 4.79 Å². The highest BCUT2D eigenvalue weighted by Gasteiger charge is 2.40. The highest BCUT2D eigenvalue weighted by Crippen LogP contribution is 2.26. The van der Waals surface area contributed by atoms with Crippen molar-refractivity contribution in [3.05, 3.63) is 0 Å². The SMILES string of the molecule is CCCCC(CC)CC(O)(CO)C(=O)OC(=O)C(CC)CCCC. The Morgan fingerprint density at radius 2 is 1.58 bits per heavy atom. The highest BCUT2D eigenvalue weighted by molar-refractivity contribution is 5.91. The number of rotatable bonds is 13. The fourth-order valence-electron chi connectivity index (χ4n) is 2.84. The van der Waals surface area contributed by atoms with Crippen molar-refractivity contribution in [2.45, 2.75) is 91.1 Å². The fourth-order valence-corrected chi connectivity index (χ4v) is 2.84. The average molecular weight is 344 g/mol. The minimum atomic E-state index is -1.99. The van der Waals surface area contributed by atoms with Gasteiger partial charge < -0.3 is 14.9 Å². The van der Waals surface area contributed by atoms with E-state index in [1.54, 1.807) is 0 Å². The van der Waals surface area contributed by atoms with E-state index in [1.165, 1.54) is 0 Å². The topological polar surface area (TPSA) is 83.8 Å². The first-order valence-corrected chi connectivity index (χ1v) is 9.47. The van der Waals surface area contributed by atoms with Crippen LogP contribution in [0.25, 0.3) is 0 Å². The Hall–Kier alpha value is -0.940. The third kappa shape index (κ3) is 7.75. The molecule has 0 aliphatic rings. The summed E-state index contributed by atoms with van der Waals surface area (Å²) < 4.78 is 4.92. The Labute approximate surface area is 146 Å². The van der Waals surface area contributed by atoms with E-state index in [9.17, 15) is 19.8 Å². The van der Waals surface area contributed by atoms with Gasteiger partial charge in [-0.1, -0.05) is 66.2 Å². The van der Waals surface area contributed by atoms with Crippen molar-refractivity contribution in [2.24, 2.45) is 11.8 Å². The Bertz CT molecular complexity index is 369. The van der Waals surface area contributed by atoms with Crippen LogP contribution < -0.4 is 0 Å². The largest absolute Gasteiger partial charge is 0.393 e. The molecule has 5 heteroatoms. The average Bonchev–Trinajstić information content (AvgIpc) is 2.58. The van der Waals surface area contributed by atoms with E-state index in [4.69, 9.17) is 4.74 Å². The molecule has 0 aliphatic heterocycles. The van der Waals surface area contributed by atoms with E-state index in [0.29, 0.717) is 12.8 Å². The molecule has 0 bridgehead atoms. The van der Waals surface area contributed by atoms with Crippen molar-refractivity contribution in [3.63, 3.8) is 0 Å². The zero-order chi connectivity index (χ0) is 18.6. The number of hydrogen-bond acceptors (Lipinski definition) is 5. The van der Waals surface area contributed by atoms with E-state index < -0.39 is 24.1 Å². The number of unbranched alkanes of at least 4 members (excludes halogenated alkanes) is 2. The van der Waals surface area contributed by atoms with Crippen molar-refractivity contribution in [1.82, 2.24) is 0 Å². The molecule has 0 aromatic carbocycles. The molecule has 0 saturated heterocycles. The molecule has 0 radical (unpaired) electrons. The normalized spacial score (nSPS) is 16.2. The monoisotopic (exact) mass is 344 g/mol. The molecule has 3 atom stereocenters. The number of esters is 2. The number of carbonyl (C=O) groups is 2.